The average Bonchev–Trinajstić information content (AvgIpc) is 2.80. The van der Waals surface area contributed by atoms with Crippen LogP contribution in [0.2, 0.25) is 10.0 Å². The van der Waals surface area contributed by atoms with Gasteiger partial charge in [0, 0.05) is 16.9 Å². The van der Waals surface area contributed by atoms with E-state index in [9.17, 15) is 9.59 Å². The highest BCUT2D eigenvalue weighted by molar-refractivity contribution is 7.16. The molecule has 0 aliphatic carbocycles. The molecule has 0 spiro atoms. The maximum atomic E-state index is 12.1. The number of ether oxygens (including phenoxy) is 1. The van der Waals surface area contributed by atoms with Gasteiger partial charge < -0.3 is 15.4 Å². The second kappa shape index (κ2) is 7.88. The van der Waals surface area contributed by atoms with Gasteiger partial charge in [-0.15, -0.1) is 11.3 Å². The van der Waals surface area contributed by atoms with Crippen LogP contribution in [-0.2, 0) is 4.79 Å². The van der Waals surface area contributed by atoms with Gasteiger partial charge in [0.15, 0.2) is 6.61 Å². The summed E-state index contributed by atoms with van der Waals surface area (Å²) in [4.78, 5) is 25.1. The van der Waals surface area contributed by atoms with E-state index in [0.717, 1.165) is 10.4 Å². The molecule has 2 amide bonds. The topological polar surface area (TPSA) is 67.4 Å². The van der Waals surface area contributed by atoms with E-state index in [2.05, 4.69) is 10.6 Å². The molecule has 0 unspecified atom stereocenters. The van der Waals surface area contributed by atoms with Gasteiger partial charge in [-0.25, -0.2) is 0 Å². The van der Waals surface area contributed by atoms with Crippen LogP contribution in [0.1, 0.15) is 20.8 Å². The van der Waals surface area contributed by atoms with Crippen LogP contribution in [0.5, 0.6) is 5.75 Å². The zero-order valence-corrected chi connectivity index (χ0v) is 15.7. The Morgan fingerprint density at radius 2 is 1.96 bits per heavy atom. The Bertz CT molecular complexity index is 790. The minimum atomic E-state index is -0.382. The number of nitrogens with one attached hydrogen (secondary N) is 2. The second-order valence-corrected chi connectivity index (χ2v) is 7.05. The molecule has 2 aromatic rings. The van der Waals surface area contributed by atoms with E-state index in [1.54, 1.807) is 19.2 Å². The van der Waals surface area contributed by atoms with Crippen molar-refractivity contribution in [1.82, 2.24) is 5.32 Å². The van der Waals surface area contributed by atoms with Crippen LogP contribution in [0, 0.1) is 13.8 Å². The normalized spacial score (nSPS) is 10.4. The zero-order chi connectivity index (χ0) is 17.9. The van der Waals surface area contributed by atoms with Gasteiger partial charge in [-0.3, -0.25) is 9.59 Å². The van der Waals surface area contributed by atoms with E-state index in [-0.39, 0.29) is 18.4 Å². The quantitative estimate of drug-likeness (QED) is 0.814. The van der Waals surface area contributed by atoms with Gasteiger partial charge in [-0.05, 0) is 37.6 Å². The van der Waals surface area contributed by atoms with Crippen molar-refractivity contribution in [3.05, 3.63) is 44.2 Å². The number of hydrogen-bond donors (Lipinski definition) is 2. The van der Waals surface area contributed by atoms with Gasteiger partial charge in [0.1, 0.15) is 10.8 Å². The number of thiophene rings is 1. The van der Waals surface area contributed by atoms with Crippen molar-refractivity contribution < 1.29 is 14.3 Å². The molecule has 0 fully saturated rings. The van der Waals surface area contributed by atoms with Crippen molar-refractivity contribution in [2.45, 2.75) is 13.8 Å². The number of rotatable bonds is 5. The third-order valence-corrected chi connectivity index (χ3v) is 5.00. The Hall–Kier alpha value is -1.76. The lowest BCUT2D eigenvalue weighted by atomic mass is 10.1. The molecule has 24 heavy (non-hydrogen) atoms. The Balaban J connectivity index is 2.07. The predicted molar refractivity (Wildman–Crippen MR) is 97.8 cm³/mol. The minimum Gasteiger partial charge on any atom is -0.482 e. The summed E-state index contributed by atoms with van der Waals surface area (Å²) in [5.74, 6) is -0.262. The van der Waals surface area contributed by atoms with Crippen molar-refractivity contribution >= 4 is 51.4 Å². The minimum absolute atomic E-state index is 0.232. The first-order valence-electron chi connectivity index (χ1n) is 7.03. The van der Waals surface area contributed by atoms with E-state index >= 15 is 0 Å². The first kappa shape index (κ1) is 18.6. The van der Waals surface area contributed by atoms with Crippen LogP contribution in [0.3, 0.4) is 0 Å². The van der Waals surface area contributed by atoms with Gasteiger partial charge in [0.05, 0.1) is 10.6 Å². The number of anilines is 1. The number of carbonyl (C=O) groups is 2. The molecule has 5 nitrogen and oxygen atoms in total. The number of amides is 2. The second-order valence-electron chi connectivity index (χ2n) is 4.98. The van der Waals surface area contributed by atoms with Crippen molar-refractivity contribution in [3.63, 3.8) is 0 Å². The summed E-state index contributed by atoms with van der Waals surface area (Å²) >= 11 is 13.1. The van der Waals surface area contributed by atoms with Gasteiger partial charge in [-0.2, -0.15) is 0 Å². The smallest absolute Gasteiger partial charge is 0.262 e. The molecule has 0 saturated heterocycles. The number of hydrogen-bond acceptors (Lipinski definition) is 4. The SMILES string of the molecule is CNC(=O)c1c(NC(=O)COc2ccc(Cl)cc2Cl)sc(C)c1C. The van der Waals surface area contributed by atoms with Crippen LogP contribution in [-0.4, -0.2) is 25.5 Å². The van der Waals surface area contributed by atoms with Crippen LogP contribution in [0.4, 0.5) is 5.00 Å². The lowest BCUT2D eigenvalue weighted by molar-refractivity contribution is -0.118. The molecule has 1 aromatic carbocycles. The number of carbonyl (C=O) groups excluding carboxylic acids is 2. The first-order chi connectivity index (χ1) is 11.3. The molecule has 0 radical (unpaired) electrons. The molecule has 1 aromatic heterocycles. The van der Waals surface area contributed by atoms with Crippen molar-refractivity contribution in [2.75, 3.05) is 19.0 Å². The Morgan fingerprint density at radius 1 is 1.25 bits per heavy atom. The van der Waals surface area contributed by atoms with Gasteiger partial charge in [-0.1, -0.05) is 23.2 Å². The van der Waals surface area contributed by atoms with Crippen LogP contribution in [0.15, 0.2) is 18.2 Å². The van der Waals surface area contributed by atoms with Crippen LogP contribution < -0.4 is 15.4 Å². The van der Waals surface area contributed by atoms with E-state index < -0.39 is 0 Å². The number of benzene rings is 1. The fourth-order valence-electron chi connectivity index (χ4n) is 2.01. The number of halogens is 2. The molecule has 0 bridgehead atoms. The molecule has 0 atom stereocenters. The predicted octanol–water partition coefficient (Wildman–Crippen LogP) is 4.05. The van der Waals surface area contributed by atoms with Crippen molar-refractivity contribution in [3.8, 4) is 5.75 Å². The van der Waals surface area contributed by atoms with Gasteiger partial charge >= 0.3 is 0 Å². The Labute approximate surface area is 153 Å². The molecule has 1 heterocycles. The highest BCUT2D eigenvalue weighted by Gasteiger charge is 2.20. The van der Waals surface area contributed by atoms with E-state index in [1.807, 2.05) is 13.8 Å². The summed E-state index contributed by atoms with van der Waals surface area (Å²) < 4.78 is 5.39. The fourth-order valence-corrected chi connectivity index (χ4v) is 3.55. The lowest BCUT2D eigenvalue weighted by Gasteiger charge is -2.09. The van der Waals surface area contributed by atoms with Gasteiger partial charge in [0.2, 0.25) is 0 Å². The van der Waals surface area contributed by atoms with Gasteiger partial charge in [0.25, 0.3) is 11.8 Å². The summed E-state index contributed by atoms with van der Waals surface area (Å²) in [6, 6.07) is 4.75. The van der Waals surface area contributed by atoms with E-state index in [0.29, 0.717) is 26.4 Å². The molecule has 0 aliphatic heterocycles. The molecule has 8 heteroatoms. The lowest BCUT2D eigenvalue weighted by Crippen LogP contribution is -2.23. The zero-order valence-electron chi connectivity index (χ0n) is 13.3. The molecular formula is C16H16Cl2N2O3S. The maximum absolute atomic E-state index is 12.1. The summed E-state index contributed by atoms with van der Waals surface area (Å²) in [6.07, 6.45) is 0. The van der Waals surface area contributed by atoms with E-state index in [1.165, 1.54) is 17.4 Å². The first-order valence-corrected chi connectivity index (χ1v) is 8.60. The third kappa shape index (κ3) is 4.20. The van der Waals surface area contributed by atoms with Crippen LogP contribution in [0.25, 0.3) is 0 Å². The summed E-state index contributed by atoms with van der Waals surface area (Å²) in [5.41, 5.74) is 1.31. The Kier molecular flexibility index (Phi) is 6.10. The molecule has 2 rings (SSSR count). The highest BCUT2D eigenvalue weighted by atomic mass is 35.5. The summed E-state index contributed by atoms with van der Waals surface area (Å²) in [7, 11) is 1.55. The fraction of sp³-hybridized carbons (Fsp3) is 0.250. The van der Waals surface area contributed by atoms with Crippen LogP contribution >= 0.6 is 34.5 Å². The largest absolute Gasteiger partial charge is 0.482 e. The third-order valence-electron chi connectivity index (χ3n) is 3.35. The van der Waals surface area contributed by atoms with Crippen molar-refractivity contribution in [2.24, 2.45) is 0 Å². The highest BCUT2D eigenvalue weighted by Crippen LogP contribution is 2.32. The standard InChI is InChI=1S/C16H16Cl2N2O3S/c1-8-9(2)24-16(14(8)15(22)19-3)20-13(21)7-23-12-5-4-10(17)6-11(12)18/h4-6H,7H2,1-3H3,(H,19,22)(H,20,21). The molecule has 0 aliphatic rings. The molecule has 128 valence electrons. The Morgan fingerprint density at radius 3 is 2.58 bits per heavy atom. The van der Waals surface area contributed by atoms with Crippen molar-refractivity contribution in [1.29, 1.82) is 0 Å². The maximum Gasteiger partial charge on any atom is 0.262 e. The number of aryl methyl sites for hydroxylation is 1. The average molecular weight is 387 g/mol. The monoisotopic (exact) mass is 386 g/mol. The van der Waals surface area contributed by atoms with E-state index in [4.69, 9.17) is 27.9 Å². The molecule has 2 N–H and O–H groups in total. The molecule has 0 saturated carbocycles. The summed E-state index contributed by atoms with van der Waals surface area (Å²) in [6.45, 7) is 3.51. The molecular weight excluding hydrogens is 371 g/mol. The summed E-state index contributed by atoms with van der Waals surface area (Å²) in [5, 5.41) is 6.59.